The molecule has 4 nitrogen and oxygen atoms in total. The van der Waals surface area contributed by atoms with Crippen LogP contribution < -0.4 is 10.2 Å². The van der Waals surface area contributed by atoms with Gasteiger partial charge in [-0.25, -0.2) is 9.97 Å². The molecule has 0 amide bonds. The Balaban J connectivity index is 2.53. The maximum absolute atomic E-state index is 4.30. The van der Waals surface area contributed by atoms with Crippen LogP contribution in [0.5, 0.6) is 0 Å². The van der Waals surface area contributed by atoms with Crippen LogP contribution in [0.4, 0.5) is 5.82 Å². The van der Waals surface area contributed by atoms with Crippen LogP contribution >= 0.6 is 0 Å². The van der Waals surface area contributed by atoms with Gasteiger partial charge in [0.05, 0.1) is 0 Å². The summed E-state index contributed by atoms with van der Waals surface area (Å²) in [6, 6.07) is 2.56. The maximum Gasteiger partial charge on any atom is 0.132 e. The Morgan fingerprint density at radius 3 is 2.69 bits per heavy atom. The smallest absolute Gasteiger partial charge is 0.132 e. The molecule has 16 heavy (non-hydrogen) atoms. The number of nitrogens with one attached hydrogen (secondary N) is 1. The summed E-state index contributed by atoms with van der Waals surface area (Å²) in [6.45, 7) is 11.4. The third kappa shape index (κ3) is 4.14. The minimum atomic E-state index is 0.533. The second-order valence-electron chi connectivity index (χ2n) is 4.21. The first-order chi connectivity index (χ1) is 7.63. The van der Waals surface area contributed by atoms with Crippen molar-refractivity contribution in [3.8, 4) is 0 Å². The predicted octanol–water partition coefficient (Wildman–Crippen LogP) is 1.61. The summed E-state index contributed by atoms with van der Waals surface area (Å²) in [5.74, 6) is 1.01. The normalized spacial score (nSPS) is 10.8. The molecule has 0 atom stereocenters. The number of nitrogens with zero attached hydrogens (tertiary/aromatic N) is 3. The molecule has 4 heteroatoms. The Labute approximate surface area is 98.1 Å². The molecule has 0 aromatic carbocycles. The van der Waals surface area contributed by atoms with E-state index in [0.29, 0.717) is 6.04 Å². The first-order valence-corrected chi connectivity index (χ1v) is 5.90. The van der Waals surface area contributed by atoms with E-state index in [2.05, 4.69) is 41.0 Å². The van der Waals surface area contributed by atoms with Crippen LogP contribution in [0.3, 0.4) is 0 Å². The number of anilines is 1. The Bertz CT molecular complexity index is 312. The lowest BCUT2D eigenvalue weighted by Crippen LogP contribution is -2.35. The average Bonchev–Trinajstić information content (AvgIpc) is 2.24. The third-order valence-electron chi connectivity index (χ3n) is 2.43. The van der Waals surface area contributed by atoms with Crippen LogP contribution in [-0.2, 0) is 0 Å². The standard InChI is InChI=1S/C12H22N4/c1-5-16(7-6-13-10(2)3)12-8-11(4)14-9-15-12/h8-10,13H,5-7H2,1-4H3. The van der Waals surface area contributed by atoms with Gasteiger partial charge in [0.2, 0.25) is 0 Å². The summed E-state index contributed by atoms with van der Waals surface area (Å²) >= 11 is 0. The quantitative estimate of drug-likeness (QED) is 0.794. The van der Waals surface area contributed by atoms with Crippen molar-refractivity contribution in [2.75, 3.05) is 24.5 Å². The molecule has 0 aliphatic heterocycles. The number of aromatic nitrogens is 2. The zero-order valence-corrected chi connectivity index (χ0v) is 10.7. The molecule has 1 rings (SSSR count). The van der Waals surface area contributed by atoms with Crippen LogP contribution in [0.15, 0.2) is 12.4 Å². The summed E-state index contributed by atoms with van der Waals surface area (Å²) in [4.78, 5) is 10.7. The summed E-state index contributed by atoms with van der Waals surface area (Å²) in [7, 11) is 0. The van der Waals surface area contributed by atoms with E-state index >= 15 is 0 Å². The highest BCUT2D eigenvalue weighted by molar-refractivity contribution is 5.38. The van der Waals surface area contributed by atoms with Crippen molar-refractivity contribution in [1.29, 1.82) is 0 Å². The summed E-state index contributed by atoms with van der Waals surface area (Å²) in [5, 5.41) is 3.41. The number of aryl methyl sites for hydroxylation is 1. The third-order valence-corrected chi connectivity index (χ3v) is 2.43. The zero-order chi connectivity index (χ0) is 12.0. The van der Waals surface area contributed by atoms with Crippen LogP contribution in [0.2, 0.25) is 0 Å². The first-order valence-electron chi connectivity index (χ1n) is 5.90. The number of hydrogen-bond donors (Lipinski definition) is 1. The molecule has 1 aromatic rings. The van der Waals surface area contributed by atoms with Gasteiger partial charge in [0.15, 0.2) is 0 Å². The van der Waals surface area contributed by atoms with Crippen molar-refractivity contribution < 1.29 is 0 Å². The van der Waals surface area contributed by atoms with Gasteiger partial charge < -0.3 is 10.2 Å². The lowest BCUT2D eigenvalue weighted by atomic mass is 10.3. The van der Waals surface area contributed by atoms with Gasteiger partial charge in [0.1, 0.15) is 12.1 Å². The molecule has 0 aliphatic rings. The Hall–Kier alpha value is -1.16. The minimum Gasteiger partial charge on any atom is -0.356 e. The van der Waals surface area contributed by atoms with Crippen LogP contribution in [0.25, 0.3) is 0 Å². The van der Waals surface area contributed by atoms with E-state index in [4.69, 9.17) is 0 Å². The van der Waals surface area contributed by atoms with E-state index < -0.39 is 0 Å². The topological polar surface area (TPSA) is 41.0 Å². The van der Waals surface area contributed by atoms with E-state index in [0.717, 1.165) is 31.1 Å². The van der Waals surface area contributed by atoms with Crippen LogP contribution in [0, 0.1) is 6.92 Å². The Morgan fingerprint density at radius 2 is 2.12 bits per heavy atom. The van der Waals surface area contributed by atoms with Crippen molar-refractivity contribution in [3.05, 3.63) is 18.1 Å². The number of likely N-dealkylation sites (N-methyl/N-ethyl adjacent to an activating group) is 1. The molecule has 0 fully saturated rings. The first kappa shape index (κ1) is 12.9. The van der Waals surface area contributed by atoms with Gasteiger partial charge in [0, 0.05) is 37.4 Å². The van der Waals surface area contributed by atoms with Gasteiger partial charge in [-0.1, -0.05) is 13.8 Å². The summed E-state index contributed by atoms with van der Waals surface area (Å²) < 4.78 is 0. The highest BCUT2D eigenvalue weighted by Gasteiger charge is 2.05. The predicted molar refractivity (Wildman–Crippen MR) is 67.8 cm³/mol. The van der Waals surface area contributed by atoms with Crippen LogP contribution in [-0.4, -0.2) is 35.6 Å². The van der Waals surface area contributed by atoms with Crippen molar-refractivity contribution >= 4 is 5.82 Å². The molecule has 1 aromatic heterocycles. The molecule has 0 saturated carbocycles. The maximum atomic E-state index is 4.30. The van der Waals surface area contributed by atoms with Crippen molar-refractivity contribution in [2.45, 2.75) is 33.7 Å². The molecular formula is C12H22N4. The minimum absolute atomic E-state index is 0.533. The second kappa shape index (κ2) is 6.43. The summed E-state index contributed by atoms with van der Waals surface area (Å²) in [6.07, 6.45) is 1.63. The van der Waals surface area contributed by atoms with E-state index in [1.54, 1.807) is 6.33 Å². The van der Waals surface area contributed by atoms with Gasteiger partial charge in [0.25, 0.3) is 0 Å². The Morgan fingerprint density at radius 1 is 1.38 bits per heavy atom. The molecule has 90 valence electrons. The number of hydrogen-bond acceptors (Lipinski definition) is 4. The fraction of sp³-hybridized carbons (Fsp3) is 0.667. The van der Waals surface area contributed by atoms with Gasteiger partial charge >= 0.3 is 0 Å². The molecule has 1 heterocycles. The zero-order valence-electron chi connectivity index (χ0n) is 10.7. The largest absolute Gasteiger partial charge is 0.356 e. The molecule has 0 unspecified atom stereocenters. The van der Waals surface area contributed by atoms with Gasteiger partial charge in [-0.3, -0.25) is 0 Å². The highest BCUT2D eigenvalue weighted by Crippen LogP contribution is 2.09. The molecule has 0 bridgehead atoms. The second-order valence-corrected chi connectivity index (χ2v) is 4.21. The van der Waals surface area contributed by atoms with Crippen molar-refractivity contribution in [3.63, 3.8) is 0 Å². The van der Waals surface area contributed by atoms with E-state index in [9.17, 15) is 0 Å². The van der Waals surface area contributed by atoms with E-state index in [1.807, 2.05) is 13.0 Å². The van der Waals surface area contributed by atoms with Crippen LogP contribution in [0.1, 0.15) is 26.5 Å². The van der Waals surface area contributed by atoms with E-state index in [1.165, 1.54) is 0 Å². The number of rotatable bonds is 6. The Kier molecular flexibility index (Phi) is 5.19. The monoisotopic (exact) mass is 222 g/mol. The molecule has 0 radical (unpaired) electrons. The van der Waals surface area contributed by atoms with E-state index in [-0.39, 0.29) is 0 Å². The molecule has 0 saturated heterocycles. The molecule has 0 aliphatic carbocycles. The fourth-order valence-electron chi connectivity index (χ4n) is 1.54. The average molecular weight is 222 g/mol. The van der Waals surface area contributed by atoms with Crippen molar-refractivity contribution in [2.24, 2.45) is 0 Å². The van der Waals surface area contributed by atoms with Crippen molar-refractivity contribution in [1.82, 2.24) is 15.3 Å². The van der Waals surface area contributed by atoms with Gasteiger partial charge in [-0.2, -0.15) is 0 Å². The fourth-order valence-corrected chi connectivity index (χ4v) is 1.54. The lowest BCUT2D eigenvalue weighted by Gasteiger charge is -2.22. The van der Waals surface area contributed by atoms with Gasteiger partial charge in [-0.15, -0.1) is 0 Å². The summed E-state index contributed by atoms with van der Waals surface area (Å²) in [5.41, 5.74) is 1.01. The SMILES string of the molecule is CCN(CCNC(C)C)c1cc(C)ncn1. The lowest BCUT2D eigenvalue weighted by molar-refractivity contribution is 0.582. The van der Waals surface area contributed by atoms with Gasteiger partial charge in [-0.05, 0) is 13.8 Å². The molecule has 1 N–H and O–H groups in total. The highest BCUT2D eigenvalue weighted by atomic mass is 15.2. The molecule has 0 spiro atoms. The molecular weight excluding hydrogens is 200 g/mol.